The maximum Gasteiger partial charge on any atom is 0.252 e. The first-order valence-corrected chi connectivity index (χ1v) is 6.75. The minimum atomic E-state index is -0.00916. The summed E-state index contributed by atoms with van der Waals surface area (Å²) in [5.41, 5.74) is 10.2. The third kappa shape index (κ3) is 2.50. The van der Waals surface area contributed by atoms with Gasteiger partial charge in [-0.05, 0) is 23.3 Å². The molecule has 0 radical (unpaired) electrons. The van der Waals surface area contributed by atoms with Crippen molar-refractivity contribution in [1.29, 1.82) is 0 Å². The third-order valence-corrected chi connectivity index (χ3v) is 3.63. The van der Waals surface area contributed by atoms with E-state index in [0.717, 1.165) is 28.1 Å². The van der Waals surface area contributed by atoms with Crippen molar-refractivity contribution in [2.45, 2.75) is 13.1 Å². The standard InChI is InChI=1S/C16H17N3O2/c1-21-12-5-6-14(13(17)7-12)18-8-10-3-2-4-11-9-19-16(20)15(10)11/h2-7,18H,8-9,17H2,1H3,(H,19,20). The lowest BCUT2D eigenvalue weighted by Gasteiger charge is -2.12. The second-order valence-corrected chi connectivity index (χ2v) is 4.94. The Bertz CT molecular complexity index is 698. The minimum Gasteiger partial charge on any atom is -0.497 e. The van der Waals surface area contributed by atoms with Crippen molar-refractivity contribution in [3.63, 3.8) is 0 Å². The monoisotopic (exact) mass is 283 g/mol. The molecule has 21 heavy (non-hydrogen) atoms. The molecule has 2 aromatic rings. The normalized spacial score (nSPS) is 12.7. The van der Waals surface area contributed by atoms with E-state index in [0.29, 0.717) is 18.8 Å². The van der Waals surface area contributed by atoms with Gasteiger partial charge in [0.05, 0.1) is 18.5 Å². The Hall–Kier alpha value is -2.69. The number of nitrogens with two attached hydrogens (primary N) is 1. The minimum absolute atomic E-state index is 0.00916. The molecule has 3 rings (SSSR count). The summed E-state index contributed by atoms with van der Waals surface area (Å²) < 4.78 is 5.13. The van der Waals surface area contributed by atoms with Crippen LogP contribution in [0.25, 0.3) is 0 Å². The molecule has 0 saturated carbocycles. The number of benzene rings is 2. The summed E-state index contributed by atoms with van der Waals surface area (Å²) in [6.45, 7) is 1.15. The quantitative estimate of drug-likeness (QED) is 0.751. The van der Waals surface area contributed by atoms with E-state index in [4.69, 9.17) is 10.5 Å². The zero-order valence-corrected chi connectivity index (χ0v) is 11.8. The Kier molecular flexibility index (Phi) is 3.39. The fraction of sp³-hybridized carbons (Fsp3) is 0.188. The van der Waals surface area contributed by atoms with Crippen LogP contribution in [0.1, 0.15) is 21.5 Å². The van der Waals surface area contributed by atoms with Crippen molar-refractivity contribution in [2.75, 3.05) is 18.2 Å². The molecule has 1 amide bonds. The van der Waals surface area contributed by atoms with Crippen LogP contribution in [-0.4, -0.2) is 13.0 Å². The molecular formula is C16H17N3O2. The van der Waals surface area contributed by atoms with E-state index < -0.39 is 0 Å². The Morgan fingerprint density at radius 3 is 2.95 bits per heavy atom. The predicted molar refractivity (Wildman–Crippen MR) is 82.3 cm³/mol. The lowest BCUT2D eigenvalue weighted by Crippen LogP contribution is -2.14. The molecule has 0 fully saturated rings. The Morgan fingerprint density at radius 1 is 1.33 bits per heavy atom. The summed E-state index contributed by atoms with van der Waals surface area (Å²) in [5.74, 6) is 0.711. The van der Waals surface area contributed by atoms with Gasteiger partial charge in [-0.25, -0.2) is 0 Å². The van der Waals surface area contributed by atoms with Crippen molar-refractivity contribution in [3.05, 3.63) is 53.1 Å². The van der Waals surface area contributed by atoms with Crippen LogP contribution in [0.4, 0.5) is 11.4 Å². The van der Waals surface area contributed by atoms with Gasteiger partial charge in [-0.1, -0.05) is 18.2 Å². The van der Waals surface area contributed by atoms with Crippen LogP contribution in [0, 0.1) is 0 Å². The number of nitrogen functional groups attached to an aromatic ring is 1. The molecule has 4 N–H and O–H groups in total. The number of hydrogen-bond donors (Lipinski definition) is 3. The summed E-state index contributed by atoms with van der Waals surface area (Å²) in [7, 11) is 1.60. The van der Waals surface area contributed by atoms with Gasteiger partial charge in [0.1, 0.15) is 5.75 Å². The van der Waals surface area contributed by atoms with E-state index in [1.807, 2.05) is 30.3 Å². The molecule has 0 atom stereocenters. The first-order valence-electron chi connectivity index (χ1n) is 6.75. The Morgan fingerprint density at radius 2 is 2.19 bits per heavy atom. The zero-order valence-electron chi connectivity index (χ0n) is 11.8. The molecule has 2 aromatic carbocycles. The van der Waals surface area contributed by atoms with Gasteiger partial charge in [0.25, 0.3) is 5.91 Å². The summed E-state index contributed by atoms with van der Waals surface area (Å²) in [5, 5.41) is 6.11. The summed E-state index contributed by atoms with van der Waals surface area (Å²) in [4.78, 5) is 11.9. The summed E-state index contributed by atoms with van der Waals surface area (Å²) in [6.07, 6.45) is 0. The Balaban J connectivity index is 1.80. The highest BCUT2D eigenvalue weighted by atomic mass is 16.5. The predicted octanol–water partition coefficient (Wildman–Crippen LogP) is 2.13. The molecule has 0 aliphatic carbocycles. The second-order valence-electron chi connectivity index (χ2n) is 4.94. The van der Waals surface area contributed by atoms with E-state index in [2.05, 4.69) is 10.6 Å². The van der Waals surface area contributed by atoms with Crippen LogP contribution in [0.15, 0.2) is 36.4 Å². The molecule has 0 bridgehead atoms. The number of anilines is 2. The lowest BCUT2D eigenvalue weighted by molar-refractivity contribution is 0.0965. The van der Waals surface area contributed by atoms with Gasteiger partial charge < -0.3 is 21.1 Å². The molecule has 0 saturated heterocycles. The van der Waals surface area contributed by atoms with Gasteiger partial charge in [-0.2, -0.15) is 0 Å². The number of hydrogen-bond acceptors (Lipinski definition) is 4. The van der Waals surface area contributed by atoms with Crippen LogP contribution < -0.4 is 21.1 Å². The summed E-state index contributed by atoms with van der Waals surface area (Å²) in [6, 6.07) is 11.4. The van der Waals surface area contributed by atoms with E-state index in [9.17, 15) is 4.79 Å². The van der Waals surface area contributed by atoms with Crippen molar-refractivity contribution < 1.29 is 9.53 Å². The van der Waals surface area contributed by atoms with Crippen LogP contribution in [0.5, 0.6) is 5.75 Å². The topological polar surface area (TPSA) is 76.4 Å². The van der Waals surface area contributed by atoms with Crippen molar-refractivity contribution in [2.24, 2.45) is 0 Å². The number of nitrogens with one attached hydrogen (secondary N) is 2. The van der Waals surface area contributed by atoms with Gasteiger partial charge in [0, 0.05) is 24.7 Å². The highest BCUT2D eigenvalue weighted by Gasteiger charge is 2.21. The average molecular weight is 283 g/mol. The number of ether oxygens (including phenoxy) is 1. The first-order chi connectivity index (χ1) is 10.2. The molecule has 1 aliphatic rings. The molecule has 108 valence electrons. The number of rotatable bonds is 4. The highest BCUT2D eigenvalue weighted by Crippen LogP contribution is 2.26. The molecule has 5 nitrogen and oxygen atoms in total. The molecule has 1 heterocycles. The van der Waals surface area contributed by atoms with Crippen molar-refractivity contribution >= 4 is 17.3 Å². The number of fused-ring (bicyclic) bond motifs is 1. The van der Waals surface area contributed by atoms with Gasteiger partial charge >= 0.3 is 0 Å². The van der Waals surface area contributed by atoms with E-state index in [1.54, 1.807) is 13.2 Å². The SMILES string of the molecule is COc1ccc(NCc2cccc3c2C(=O)NC3)c(N)c1. The average Bonchev–Trinajstić information content (AvgIpc) is 2.88. The molecule has 0 aromatic heterocycles. The maximum absolute atomic E-state index is 11.9. The van der Waals surface area contributed by atoms with E-state index in [-0.39, 0.29) is 5.91 Å². The number of carbonyl (C=O) groups is 1. The van der Waals surface area contributed by atoms with Gasteiger partial charge in [0.15, 0.2) is 0 Å². The molecule has 5 heteroatoms. The van der Waals surface area contributed by atoms with Crippen LogP contribution in [-0.2, 0) is 13.1 Å². The van der Waals surface area contributed by atoms with Crippen molar-refractivity contribution in [1.82, 2.24) is 5.32 Å². The number of amides is 1. The molecule has 0 spiro atoms. The number of methoxy groups -OCH3 is 1. The van der Waals surface area contributed by atoms with Gasteiger partial charge in [-0.3, -0.25) is 4.79 Å². The van der Waals surface area contributed by atoms with Gasteiger partial charge in [-0.15, -0.1) is 0 Å². The zero-order chi connectivity index (χ0) is 14.8. The van der Waals surface area contributed by atoms with Crippen molar-refractivity contribution in [3.8, 4) is 5.75 Å². The smallest absolute Gasteiger partial charge is 0.252 e. The maximum atomic E-state index is 11.9. The molecular weight excluding hydrogens is 266 g/mol. The number of carbonyl (C=O) groups excluding carboxylic acids is 1. The third-order valence-electron chi connectivity index (χ3n) is 3.63. The Labute approximate surface area is 123 Å². The van der Waals surface area contributed by atoms with Gasteiger partial charge in [0.2, 0.25) is 0 Å². The summed E-state index contributed by atoms with van der Waals surface area (Å²) >= 11 is 0. The molecule has 1 aliphatic heterocycles. The van der Waals surface area contributed by atoms with Crippen LogP contribution in [0.2, 0.25) is 0 Å². The fourth-order valence-electron chi connectivity index (χ4n) is 2.52. The largest absolute Gasteiger partial charge is 0.497 e. The lowest BCUT2D eigenvalue weighted by atomic mass is 10.0. The highest BCUT2D eigenvalue weighted by molar-refractivity contribution is 5.99. The molecule has 0 unspecified atom stereocenters. The first kappa shape index (κ1) is 13.3. The second kappa shape index (κ2) is 5.36. The van der Waals surface area contributed by atoms with E-state index in [1.165, 1.54) is 0 Å². The van der Waals surface area contributed by atoms with E-state index >= 15 is 0 Å². The fourth-order valence-corrected chi connectivity index (χ4v) is 2.52. The van der Waals surface area contributed by atoms with Crippen LogP contribution in [0.3, 0.4) is 0 Å². The van der Waals surface area contributed by atoms with Crippen LogP contribution >= 0.6 is 0 Å².